The first-order chi connectivity index (χ1) is 9.24. The van der Waals surface area contributed by atoms with Crippen molar-refractivity contribution in [3.8, 4) is 0 Å². The monoisotopic (exact) mass is 326 g/mol. The van der Waals surface area contributed by atoms with E-state index in [1.165, 1.54) is 36.5 Å². The minimum absolute atomic E-state index is 1.15. The van der Waals surface area contributed by atoms with Crippen molar-refractivity contribution in [2.24, 2.45) is 0 Å². The van der Waals surface area contributed by atoms with Gasteiger partial charge in [0.1, 0.15) is 0 Å². The molecule has 92 valence electrons. The van der Waals surface area contributed by atoms with Gasteiger partial charge in [0.25, 0.3) is 0 Å². The highest BCUT2D eigenvalue weighted by molar-refractivity contribution is 9.10. The van der Waals surface area contributed by atoms with Crippen LogP contribution in [0.4, 0.5) is 0 Å². The van der Waals surface area contributed by atoms with Crippen LogP contribution in [-0.4, -0.2) is 0 Å². The molecule has 0 amide bonds. The Balaban J connectivity index is 2.34. The van der Waals surface area contributed by atoms with Crippen LogP contribution >= 0.6 is 27.3 Å². The maximum absolute atomic E-state index is 3.58. The van der Waals surface area contributed by atoms with E-state index in [1.807, 2.05) is 11.3 Å². The molecule has 4 rings (SSSR count). The molecular formula is C17H11BrS. The standard InChI is InChI=1S/C17H11BrS/c1-10-8-11-4-2-3-5-13(11)17-16(10)14-9-12(18)6-7-15(14)19-17/h2-9H,1H3. The Morgan fingerprint density at radius 3 is 2.68 bits per heavy atom. The average molecular weight is 327 g/mol. The van der Waals surface area contributed by atoms with Gasteiger partial charge in [0, 0.05) is 24.6 Å². The van der Waals surface area contributed by atoms with E-state index in [9.17, 15) is 0 Å². The second kappa shape index (κ2) is 4.06. The van der Waals surface area contributed by atoms with Crippen molar-refractivity contribution in [1.82, 2.24) is 0 Å². The molecule has 0 fully saturated rings. The quantitative estimate of drug-likeness (QED) is 0.357. The maximum Gasteiger partial charge on any atom is 0.0436 e. The average Bonchev–Trinajstić information content (AvgIpc) is 2.78. The zero-order chi connectivity index (χ0) is 13.0. The summed E-state index contributed by atoms with van der Waals surface area (Å²) in [4.78, 5) is 0. The lowest BCUT2D eigenvalue weighted by molar-refractivity contribution is 1.58. The van der Waals surface area contributed by atoms with Gasteiger partial charge in [-0.25, -0.2) is 0 Å². The lowest BCUT2D eigenvalue weighted by Gasteiger charge is -2.03. The number of halogens is 1. The highest BCUT2D eigenvalue weighted by Gasteiger charge is 2.11. The molecule has 4 aromatic rings. The summed E-state index contributed by atoms with van der Waals surface area (Å²) in [6.45, 7) is 2.21. The van der Waals surface area contributed by atoms with E-state index >= 15 is 0 Å². The first-order valence-corrected chi connectivity index (χ1v) is 7.85. The molecule has 0 spiro atoms. The number of benzene rings is 3. The number of aryl methyl sites for hydroxylation is 1. The van der Waals surface area contributed by atoms with Gasteiger partial charge in [-0.3, -0.25) is 0 Å². The summed E-state index contributed by atoms with van der Waals surface area (Å²) < 4.78 is 3.91. The number of fused-ring (bicyclic) bond motifs is 5. The number of hydrogen-bond donors (Lipinski definition) is 0. The van der Waals surface area contributed by atoms with E-state index in [-0.39, 0.29) is 0 Å². The van der Waals surface area contributed by atoms with E-state index < -0.39 is 0 Å². The topological polar surface area (TPSA) is 0 Å². The van der Waals surface area contributed by atoms with Crippen LogP contribution in [0.3, 0.4) is 0 Å². The third-order valence-corrected chi connectivity index (χ3v) is 5.32. The summed E-state index contributed by atoms with van der Waals surface area (Å²) in [5, 5.41) is 5.45. The van der Waals surface area contributed by atoms with Crippen molar-refractivity contribution < 1.29 is 0 Å². The molecule has 0 aliphatic rings. The van der Waals surface area contributed by atoms with Gasteiger partial charge >= 0.3 is 0 Å². The Bertz CT molecular complexity index is 934. The highest BCUT2D eigenvalue weighted by atomic mass is 79.9. The van der Waals surface area contributed by atoms with E-state index in [0.29, 0.717) is 0 Å². The van der Waals surface area contributed by atoms with Crippen molar-refractivity contribution in [3.05, 3.63) is 58.6 Å². The molecule has 0 saturated heterocycles. The molecule has 2 heteroatoms. The fourth-order valence-electron chi connectivity index (χ4n) is 2.79. The highest BCUT2D eigenvalue weighted by Crippen LogP contribution is 2.41. The molecule has 0 unspecified atom stereocenters. The minimum atomic E-state index is 1.15. The zero-order valence-electron chi connectivity index (χ0n) is 10.4. The second-order valence-corrected chi connectivity index (χ2v) is 6.83. The Morgan fingerprint density at radius 2 is 1.79 bits per heavy atom. The van der Waals surface area contributed by atoms with Gasteiger partial charge in [0.2, 0.25) is 0 Å². The first kappa shape index (κ1) is 11.4. The smallest absolute Gasteiger partial charge is 0.0436 e. The van der Waals surface area contributed by atoms with Crippen LogP contribution in [0, 0.1) is 6.92 Å². The molecule has 0 nitrogen and oxygen atoms in total. The van der Waals surface area contributed by atoms with Gasteiger partial charge in [-0.2, -0.15) is 0 Å². The molecule has 0 saturated carbocycles. The number of thiophene rings is 1. The van der Waals surface area contributed by atoms with Gasteiger partial charge in [0.05, 0.1) is 0 Å². The SMILES string of the molecule is Cc1cc2ccccc2c2sc3ccc(Br)cc3c12. The van der Waals surface area contributed by atoms with Crippen LogP contribution in [-0.2, 0) is 0 Å². The summed E-state index contributed by atoms with van der Waals surface area (Å²) in [6.07, 6.45) is 0. The van der Waals surface area contributed by atoms with Gasteiger partial charge < -0.3 is 0 Å². The van der Waals surface area contributed by atoms with Crippen molar-refractivity contribution >= 4 is 58.2 Å². The summed E-state index contributed by atoms with van der Waals surface area (Å²) >= 11 is 5.47. The van der Waals surface area contributed by atoms with Crippen molar-refractivity contribution in [2.45, 2.75) is 6.92 Å². The summed E-state index contributed by atoms with van der Waals surface area (Å²) in [5.41, 5.74) is 1.36. The Kier molecular flexibility index (Phi) is 2.44. The van der Waals surface area contributed by atoms with Crippen LogP contribution in [0.1, 0.15) is 5.56 Å². The predicted molar refractivity (Wildman–Crippen MR) is 89.3 cm³/mol. The molecule has 1 aromatic heterocycles. The van der Waals surface area contributed by atoms with Crippen LogP contribution in [0.25, 0.3) is 30.9 Å². The van der Waals surface area contributed by atoms with Crippen molar-refractivity contribution in [2.75, 3.05) is 0 Å². The number of rotatable bonds is 0. The molecule has 19 heavy (non-hydrogen) atoms. The van der Waals surface area contributed by atoms with Gasteiger partial charge in [-0.1, -0.05) is 46.3 Å². The molecule has 0 N–H and O–H groups in total. The Hall–Kier alpha value is -1.38. The van der Waals surface area contributed by atoms with Crippen molar-refractivity contribution in [3.63, 3.8) is 0 Å². The van der Waals surface area contributed by atoms with Crippen LogP contribution < -0.4 is 0 Å². The normalized spacial score (nSPS) is 11.7. The van der Waals surface area contributed by atoms with E-state index in [0.717, 1.165) is 4.47 Å². The summed E-state index contributed by atoms with van der Waals surface area (Å²) in [6, 6.07) is 17.5. The fraction of sp³-hybridized carbons (Fsp3) is 0.0588. The third kappa shape index (κ3) is 1.63. The lowest BCUT2D eigenvalue weighted by atomic mass is 10.0. The molecule has 0 aliphatic carbocycles. The largest absolute Gasteiger partial charge is 0.135 e. The maximum atomic E-state index is 3.58. The van der Waals surface area contributed by atoms with Gasteiger partial charge in [-0.15, -0.1) is 11.3 Å². The van der Waals surface area contributed by atoms with E-state index in [2.05, 4.69) is 71.4 Å². The molecule has 1 heterocycles. The Labute approximate surface area is 123 Å². The van der Waals surface area contributed by atoms with Gasteiger partial charge in [0.15, 0.2) is 0 Å². The molecule has 0 aliphatic heterocycles. The van der Waals surface area contributed by atoms with Crippen LogP contribution in [0.5, 0.6) is 0 Å². The molecule has 0 radical (unpaired) electrons. The zero-order valence-corrected chi connectivity index (χ0v) is 12.8. The number of hydrogen-bond acceptors (Lipinski definition) is 1. The van der Waals surface area contributed by atoms with Crippen LogP contribution in [0.15, 0.2) is 53.0 Å². The Morgan fingerprint density at radius 1 is 0.947 bits per heavy atom. The molecule has 0 bridgehead atoms. The fourth-order valence-corrected chi connectivity index (χ4v) is 4.44. The summed E-state index contributed by atoms with van der Waals surface area (Å²) in [5.74, 6) is 0. The van der Waals surface area contributed by atoms with Gasteiger partial charge in [-0.05, 0) is 41.5 Å². The van der Waals surface area contributed by atoms with Crippen molar-refractivity contribution in [1.29, 1.82) is 0 Å². The predicted octanol–water partition coefficient (Wildman–Crippen LogP) is 6.28. The van der Waals surface area contributed by atoms with E-state index in [1.54, 1.807) is 0 Å². The summed E-state index contributed by atoms with van der Waals surface area (Å²) in [7, 11) is 0. The first-order valence-electron chi connectivity index (χ1n) is 6.24. The van der Waals surface area contributed by atoms with Crippen LogP contribution in [0.2, 0.25) is 0 Å². The lowest BCUT2D eigenvalue weighted by Crippen LogP contribution is -1.78. The third-order valence-electron chi connectivity index (χ3n) is 3.62. The molecule has 3 aromatic carbocycles. The molecule has 0 atom stereocenters. The molecular weight excluding hydrogens is 316 g/mol. The minimum Gasteiger partial charge on any atom is -0.135 e. The second-order valence-electron chi connectivity index (χ2n) is 4.86. The van der Waals surface area contributed by atoms with E-state index in [4.69, 9.17) is 0 Å².